The largest absolute Gasteiger partial charge is 0.496 e. The quantitative estimate of drug-likeness (QED) is 0.643. The Morgan fingerprint density at radius 2 is 1.78 bits per heavy atom. The highest BCUT2D eigenvalue weighted by molar-refractivity contribution is 7.10. The van der Waals surface area contributed by atoms with E-state index in [-0.39, 0.29) is 6.04 Å². The van der Waals surface area contributed by atoms with Crippen molar-refractivity contribution in [2.45, 2.75) is 6.04 Å². The molecule has 0 saturated heterocycles. The van der Waals surface area contributed by atoms with Crippen LogP contribution in [0.25, 0.3) is 0 Å². The zero-order valence-corrected chi connectivity index (χ0v) is 11.2. The van der Waals surface area contributed by atoms with Gasteiger partial charge in [0.2, 0.25) is 0 Å². The molecule has 1 atom stereocenters. The molecule has 0 bridgehead atoms. The fraction of sp³-hybridized carbons (Fsp3) is 0.231. The molecule has 0 saturated carbocycles. The first kappa shape index (κ1) is 12.9. The standard InChI is InChI=1S/C13H16N2O2S/c1-16-9-5-3-6-10(17-2)12(9)13(15-14)11-7-4-8-18-11/h3-8,13,15H,14H2,1-2H3. The van der Waals surface area contributed by atoms with Crippen molar-refractivity contribution < 1.29 is 9.47 Å². The molecule has 0 radical (unpaired) electrons. The maximum atomic E-state index is 5.69. The van der Waals surface area contributed by atoms with Crippen molar-refractivity contribution >= 4 is 11.3 Å². The molecule has 3 N–H and O–H groups in total. The number of hydrogen-bond acceptors (Lipinski definition) is 5. The fourth-order valence-corrected chi connectivity index (χ4v) is 2.72. The number of nitrogens with two attached hydrogens (primary N) is 1. The minimum atomic E-state index is -0.143. The molecule has 18 heavy (non-hydrogen) atoms. The summed E-state index contributed by atoms with van der Waals surface area (Å²) in [6.45, 7) is 0. The van der Waals surface area contributed by atoms with Crippen LogP contribution in [0.3, 0.4) is 0 Å². The van der Waals surface area contributed by atoms with Crippen molar-refractivity contribution in [3.8, 4) is 11.5 Å². The van der Waals surface area contributed by atoms with Crippen LogP contribution < -0.4 is 20.7 Å². The second-order valence-corrected chi connectivity index (χ2v) is 4.67. The van der Waals surface area contributed by atoms with Crippen LogP contribution in [0.5, 0.6) is 11.5 Å². The summed E-state index contributed by atoms with van der Waals surface area (Å²) in [5.74, 6) is 7.20. The molecule has 0 spiro atoms. The lowest BCUT2D eigenvalue weighted by molar-refractivity contribution is 0.377. The van der Waals surface area contributed by atoms with Gasteiger partial charge < -0.3 is 9.47 Å². The first-order valence-electron chi connectivity index (χ1n) is 5.52. The van der Waals surface area contributed by atoms with E-state index in [1.54, 1.807) is 25.6 Å². The van der Waals surface area contributed by atoms with Gasteiger partial charge in [0.15, 0.2) is 0 Å². The van der Waals surface area contributed by atoms with E-state index in [0.29, 0.717) is 0 Å². The molecule has 0 fully saturated rings. The zero-order chi connectivity index (χ0) is 13.0. The van der Waals surface area contributed by atoms with Crippen LogP contribution in [0, 0.1) is 0 Å². The zero-order valence-electron chi connectivity index (χ0n) is 10.3. The number of hydrazine groups is 1. The van der Waals surface area contributed by atoms with E-state index in [0.717, 1.165) is 21.9 Å². The van der Waals surface area contributed by atoms with Gasteiger partial charge in [-0.25, -0.2) is 5.43 Å². The van der Waals surface area contributed by atoms with Gasteiger partial charge in [0.05, 0.1) is 25.8 Å². The Kier molecular flexibility index (Phi) is 4.19. The van der Waals surface area contributed by atoms with Gasteiger partial charge in [-0.1, -0.05) is 12.1 Å². The molecule has 0 aliphatic heterocycles. The Hall–Kier alpha value is -1.56. The summed E-state index contributed by atoms with van der Waals surface area (Å²) in [6, 6.07) is 9.57. The highest BCUT2D eigenvalue weighted by Crippen LogP contribution is 2.38. The van der Waals surface area contributed by atoms with Crippen LogP contribution >= 0.6 is 11.3 Å². The average molecular weight is 264 g/mol. The molecular weight excluding hydrogens is 248 g/mol. The summed E-state index contributed by atoms with van der Waals surface area (Å²) in [7, 11) is 3.28. The number of nitrogens with one attached hydrogen (secondary N) is 1. The molecule has 4 nitrogen and oxygen atoms in total. The lowest BCUT2D eigenvalue weighted by atomic mass is 10.0. The van der Waals surface area contributed by atoms with Crippen molar-refractivity contribution in [1.82, 2.24) is 5.43 Å². The van der Waals surface area contributed by atoms with Crippen LogP contribution in [0.2, 0.25) is 0 Å². The number of ether oxygens (including phenoxy) is 2. The van der Waals surface area contributed by atoms with Crippen molar-refractivity contribution in [2.75, 3.05) is 14.2 Å². The van der Waals surface area contributed by atoms with Crippen LogP contribution in [0.4, 0.5) is 0 Å². The minimum absolute atomic E-state index is 0.143. The van der Waals surface area contributed by atoms with Gasteiger partial charge in [0.25, 0.3) is 0 Å². The number of benzene rings is 1. The molecule has 2 rings (SSSR count). The second-order valence-electron chi connectivity index (χ2n) is 3.69. The lowest BCUT2D eigenvalue weighted by Gasteiger charge is -2.20. The van der Waals surface area contributed by atoms with E-state index in [2.05, 4.69) is 5.43 Å². The van der Waals surface area contributed by atoms with Gasteiger partial charge in [0.1, 0.15) is 11.5 Å². The van der Waals surface area contributed by atoms with Crippen molar-refractivity contribution in [3.05, 3.63) is 46.2 Å². The third-order valence-electron chi connectivity index (χ3n) is 2.75. The molecule has 0 aliphatic rings. The number of hydrogen-bond donors (Lipinski definition) is 2. The van der Waals surface area contributed by atoms with Crippen LogP contribution in [-0.4, -0.2) is 14.2 Å². The van der Waals surface area contributed by atoms with Gasteiger partial charge in [-0.15, -0.1) is 11.3 Å². The Morgan fingerprint density at radius 3 is 2.22 bits per heavy atom. The van der Waals surface area contributed by atoms with Crippen LogP contribution in [0.15, 0.2) is 35.7 Å². The van der Waals surface area contributed by atoms with E-state index < -0.39 is 0 Å². The molecule has 2 aromatic rings. The predicted octanol–water partition coefficient (Wildman–Crippen LogP) is 2.32. The summed E-state index contributed by atoms with van der Waals surface area (Å²) < 4.78 is 10.8. The Labute approximate surface area is 110 Å². The molecule has 1 heterocycles. The number of rotatable bonds is 5. The maximum absolute atomic E-state index is 5.69. The van der Waals surface area contributed by atoms with Gasteiger partial charge in [-0.3, -0.25) is 5.84 Å². The third kappa shape index (κ3) is 2.33. The SMILES string of the molecule is COc1cccc(OC)c1C(NN)c1cccs1. The normalized spacial score (nSPS) is 12.2. The molecular formula is C13H16N2O2S. The first-order chi connectivity index (χ1) is 8.81. The van der Waals surface area contributed by atoms with Crippen molar-refractivity contribution in [1.29, 1.82) is 0 Å². The molecule has 1 unspecified atom stereocenters. The monoisotopic (exact) mass is 264 g/mol. The minimum Gasteiger partial charge on any atom is -0.496 e. The second kappa shape index (κ2) is 5.86. The topological polar surface area (TPSA) is 56.5 Å². The highest BCUT2D eigenvalue weighted by atomic mass is 32.1. The smallest absolute Gasteiger partial charge is 0.127 e. The van der Waals surface area contributed by atoms with E-state index in [4.69, 9.17) is 15.3 Å². The molecule has 1 aromatic heterocycles. The first-order valence-corrected chi connectivity index (χ1v) is 6.40. The van der Waals surface area contributed by atoms with Crippen molar-refractivity contribution in [3.63, 3.8) is 0 Å². The van der Waals surface area contributed by atoms with E-state index >= 15 is 0 Å². The third-order valence-corrected chi connectivity index (χ3v) is 3.69. The Bertz CT molecular complexity index is 477. The average Bonchev–Trinajstić information content (AvgIpc) is 2.93. The van der Waals surface area contributed by atoms with Gasteiger partial charge in [0, 0.05) is 4.88 Å². The maximum Gasteiger partial charge on any atom is 0.127 e. The number of thiophene rings is 1. The lowest BCUT2D eigenvalue weighted by Crippen LogP contribution is -2.28. The number of methoxy groups -OCH3 is 2. The van der Waals surface area contributed by atoms with Crippen LogP contribution in [0.1, 0.15) is 16.5 Å². The van der Waals surface area contributed by atoms with Gasteiger partial charge in [-0.2, -0.15) is 0 Å². The Balaban J connectivity index is 2.53. The van der Waals surface area contributed by atoms with Gasteiger partial charge in [-0.05, 0) is 23.6 Å². The molecule has 0 aliphatic carbocycles. The van der Waals surface area contributed by atoms with E-state index in [1.165, 1.54) is 0 Å². The summed E-state index contributed by atoms with van der Waals surface area (Å²) >= 11 is 1.64. The molecule has 1 aromatic carbocycles. The van der Waals surface area contributed by atoms with E-state index in [9.17, 15) is 0 Å². The summed E-state index contributed by atoms with van der Waals surface area (Å²) in [5, 5.41) is 2.02. The summed E-state index contributed by atoms with van der Waals surface area (Å²) in [6.07, 6.45) is 0. The summed E-state index contributed by atoms with van der Waals surface area (Å²) in [5.41, 5.74) is 3.73. The molecule has 0 amide bonds. The fourth-order valence-electron chi connectivity index (χ4n) is 1.93. The van der Waals surface area contributed by atoms with Gasteiger partial charge >= 0.3 is 0 Å². The predicted molar refractivity (Wildman–Crippen MR) is 73.0 cm³/mol. The highest BCUT2D eigenvalue weighted by Gasteiger charge is 2.22. The Morgan fingerprint density at radius 1 is 1.11 bits per heavy atom. The molecule has 96 valence electrons. The molecule has 5 heteroatoms. The summed E-state index contributed by atoms with van der Waals surface area (Å²) in [4.78, 5) is 1.11. The van der Waals surface area contributed by atoms with Crippen LogP contribution in [-0.2, 0) is 0 Å². The van der Waals surface area contributed by atoms with Crippen molar-refractivity contribution in [2.24, 2.45) is 5.84 Å². The van der Waals surface area contributed by atoms with E-state index in [1.807, 2.05) is 35.7 Å².